The Kier molecular flexibility index (Phi) is 10.8. The summed E-state index contributed by atoms with van der Waals surface area (Å²) in [6.07, 6.45) is 0. The molecule has 0 unspecified atom stereocenters. The van der Waals surface area contributed by atoms with Crippen molar-refractivity contribution in [1.82, 2.24) is 0 Å². The van der Waals surface area contributed by atoms with Gasteiger partial charge in [0.05, 0.1) is 9.85 Å². The molecule has 294 valence electrons. The number of benzene rings is 8. The molecule has 0 aliphatic carbocycles. The van der Waals surface area contributed by atoms with Gasteiger partial charge in [-0.15, -0.1) is 11.3 Å². The van der Waals surface area contributed by atoms with E-state index in [4.69, 9.17) is 0 Å². The van der Waals surface area contributed by atoms with Crippen LogP contribution in [0.2, 0.25) is 0 Å². The molecule has 1 heterocycles. The molecule has 9 rings (SSSR count). The Labute approximate surface area is 360 Å². The van der Waals surface area contributed by atoms with Crippen LogP contribution in [0.3, 0.4) is 0 Å². The lowest BCUT2D eigenvalue weighted by Crippen LogP contribution is -2.74. The van der Waals surface area contributed by atoms with E-state index >= 15 is 0 Å². The molecule has 1 aromatic heterocycles. The lowest BCUT2D eigenvalue weighted by molar-refractivity contribution is -0.385. The Morgan fingerprint density at radius 2 is 0.607 bits per heavy atom. The second-order valence-electron chi connectivity index (χ2n) is 14.9. The highest BCUT2D eigenvalue weighted by atomic mass is 32.1. The summed E-state index contributed by atoms with van der Waals surface area (Å²) >= 11 is 1.71. The number of nitrogens with zero attached hydrogens (tertiary/aromatic N) is 2. The Bertz CT molecular complexity index is 2650. The smallest absolute Gasteiger partial charge is 0.258 e. The van der Waals surface area contributed by atoms with Crippen molar-refractivity contribution in [2.75, 3.05) is 0 Å². The van der Waals surface area contributed by atoms with Gasteiger partial charge in [-0.25, -0.2) is 0 Å². The summed E-state index contributed by atoms with van der Waals surface area (Å²) in [5.41, 5.74) is 3.48. The van der Waals surface area contributed by atoms with Gasteiger partial charge in [-0.05, 0) is 64.1 Å². The summed E-state index contributed by atoms with van der Waals surface area (Å²) in [7, 11) is -5.82. The highest BCUT2D eigenvalue weighted by molar-refractivity contribution is 7.20. The maximum Gasteiger partial charge on any atom is 0.269 e. The monoisotopic (exact) mass is 842 g/mol. The van der Waals surface area contributed by atoms with Gasteiger partial charge >= 0.3 is 0 Å². The first kappa shape index (κ1) is 39.2. The number of nitro benzene ring substituents is 2. The number of hydrogen-bond acceptors (Lipinski definition) is 5. The fourth-order valence-electron chi connectivity index (χ4n) is 8.95. The second-order valence-corrected chi connectivity index (χ2v) is 23.4. The zero-order valence-corrected chi connectivity index (χ0v) is 35.7. The van der Waals surface area contributed by atoms with Crippen molar-refractivity contribution in [1.29, 1.82) is 0 Å². The lowest BCUT2D eigenvalue weighted by Gasteiger charge is -2.34. The van der Waals surface area contributed by atoms with Gasteiger partial charge in [0, 0.05) is 34.7 Å². The molecule has 8 aromatic carbocycles. The van der Waals surface area contributed by atoms with Crippen molar-refractivity contribution < 1.29 is 9.85 Å². The van der Waals surface area contributed by atoms with Gasteiger partial charge in [0.2, 0.25) is 0 Å². The van der Waals surface area contributed by atoms with Crippen molar-refractivity contribution in [3.63, 3.8) is 0 Å². The van der Waals surface area contributed by atoms with Gasteiger partial charge in [-0.1, -0.05) is 194 Å². The molecule has 0 amide bonds. The number of hydrogen-bond donors (Lipinski definition) is 0. The van der Waals surface area contributed by atoms with Crippen LogP contribution in [0.25, 0.3) is 21.6 Å². The van der Waals surface area contributed by atoms with Gasteiger partial charge in [-0.3, -0.25) is 20.2 Å². The second kappa shape index (κ2) is 16.7. The third-order valence-electron chi connectivity index (χ3n) is 11.7. The standard InChI is InChI=1S/C52H38N2O4SSi2/c55-53(56)41-25-33-49(34-26-41)60(43-13-5-1-6-14-43,44-15-7-2-8-16-44)47-29-21-39(22-30-47)51-37-38-59-52(51)40-23-31-48(32-24-40)61(45-17-9-3-10-18-45,46-19-11-4-12-20-46)50-35-27-42(28-36-50)54(57)58/h1-38H. The van der Waals surface area contributed by atoms with E-state index in [9.17, 15) is 20.2 Å². The molecular weight excluding hydrogens is 805 g/mol. The summed E-state index contributed by atoms with van der Waals surface area (Å²) in [5, 5.41) is 34.8. The molecule has 6 nitrogen and oxygen atoms in total. The van der Waals surface area contributed by atoms with Crippen molar-refractivity contribution >= 4 is 80.4 Å². The minimum absolute atomic E-state index is 0.0700. The first-order chi connectivity index (χ1) is 29.9. The molecule has 0 spiro atoms. The minimum Gasteiger partial charge on any atom is -0.258 e. The molecular formula is C52H38N2O4SSi2. The normalized spacial score (nSPS) is 11.5. The highest BCUT2D eigenvalue weighted by Crippen LogP contribution is 2.36. The maximum absolute atomic E-state index is 11.7. The Balaban J connectivity index is 1.14. The van der Waals surface area contributed by atoms with Gasteiger partial charge < -0.3 is 0 Å². The predicted octanol–water partition coefficient (Wildman–Crippen LogP) is 7.65. The molecule has 0 atom stereocenters. The van der Waals surface area contributed by atoms with Crippen molar-refractivity contribution in [2.24, 2.45) is 0 Å². The maximum atomic E-state index is 11.7. The third-order valence-corrected chi connectivity index (χ3v) is 22.3. The molecule has 0 bridgehead atoms. The molecule has 0 saturated heterocycles. The van der Waals surface area contributed by atoms with Gasteiger partial charge in [0.15, 0.2) is 16.1 Å². The minimum atomic E-state index is -2.91. The number of nitro groups is 2. The number of thiophene rings is 1. The third kappa shape index (κ3) is 7.04. The fourth-order valence-corrected chi connectivity index (χ4v) is 19.3. The topological polar surface area (TPSA) is 86.3 Å². The molecule has 0 fully saturated rings. The Morgan fingerprint density at radius 1 is 0.328 bits per heavy atom. The van der Waals surface area contributed by atoms with Crippen LogP contribution < -0.4 is 41.5 Å². The van der Waals surface area contributed by atoms with Gasteiger partial charge in [0.25, 0.3) is 11.4 Å². The zero-order valence-electron chi connectivity index (χ0n) is 32.9. The van der Waals surface area contributed by atoms with Gasteiger partial charge in [-0.2, -0.15) is 0 Å². The average Bonchev–Trinajstić information content (AvgIpc) is 3.82. The molecule has 9 heteroatoms. The van der Waals surface area contributed by atoms with E-state index in [0.717, 1.165) is 31.9 Å². The molecule has 0 saturated carbocycles. The highest BCUT2D eigenvalue weighted by Gasteiger charge is 2.43. The molecule has 61 heavy (non-hydrogen) atoms. The van der Waals surface area contributed by atoms with Crippen LogP contribution in [0.15, 0.2) is 230 Å². The number of non-ortho nitro benzene ring substituents is 2. The SMILES string of the molecule is O=[N+]([O-])c1ccc([Si](c2ccccc2)(c2ccccc2)c2ccc(-c3ccsc3-c3ccc([Si](c4ccccc4)(c4ccccc4)c4ccc([N+](=O)[O-])cc4)cc3)cc2)cc1. The van der Waals surface area contributed by atoms with E-state index in [1.54, 1.807) is 35.6 Å². The van der Waals surface area contributed by atoms with Crippen LogP contribution in [0.4, 0.5) is 11.4 Å². The van der Waals surface area contributed by atoms with Crippen LogP contribution in [-0.4, -0.2) is 26.0 Å². The van der Waals surface area contributed by atoms with E-state index in [0.29, 0.717) is 0 Å². The quantitative estimate of drug-likeness (QED) is 0.0548. The zero-order chi connectivity index (χ0) is 41.8. The molecule has 0 radical (unpaired) electrons. The van der Waals surface area contributed by atoms with Crippen molar-refractivity contribution in [3.8, 4) is 21.6 Å². The van der Waals surface area contributed by atoms with Gasteiger partial charge in [0.1, 0.15) is 0 Å². The van der Waals surface area contributed by atoms with E-state index in [1.165, 1.54) is 31.1 Å². The summed E-state index contributed by atoms with van der Waals surface area (Å²) < 4.78 is 0. The lowest BCUT2D eigenvalue weighted by atomic mass is 10.0. The van der Waals surface area contributed by atoms with Crippen LogP contribution in [0.1, 0.15) is 0 Å². The Hall–Kier alpha value is -7.31. The average molecular weight is 843 g/mol. The summed E-state index contributed by atoms with van der Waals surface area (Å²) in [6.45, 7) is 0. The van der Waals surface area contributed by atoms with Crippen LogP contribution in [0.5, 0.6) is 0 Å². The molecule has 9 aromatic rings. The van der Waals surface area contributed by atoms with E-state index < -0.39 is 16.1 Å². The van der Waals surface area contributed by atoms with E-state index in [1.807, 2.05) is 48.5 Å². The molecule has 0 aliphatic rings. The fraction of sp³-hybridized carbons (Fsp3) is 0. The molecule has 0 aliphatic heterocycles. The first-order valence-corrected chi connectivity index (χ1v) is 24.8. The first-order valence-electron chi connectivity index (χ1n) is 19.9. The summed E-state index contributed by atoms with van der Waals surface area (Å²) in [6, 6.07) is 76.4. The number of rotatable bonds is 12. The predicted molar refractivity (Wildman–Crippen MR) is 256 cm³/mol. The van der Waals surface area contributed by atoms with Crippen molar-refractivity contribution in [2.45, 2.75) is 0 Å². The van der Waals surface area contributed by atoms with Crippen LogP contribution in [-0.2, 0) is 0 Å². The Morgan fingerprint density at radius 3 is 0.918 bits per heavy atom. The van der Waals surface area contributed by atoms with Crippen molar-refractivity contribution in [3.05, 3.63) is 250 Å². The van der Waals surface area contributed by atoms with E-state index in [2.05, 4.69) is 157 Å². The van der Waals surface area contributed by atoms with Crippen LogP contribution >= 0.6 is 11.3 Å². The van der Waals surface area contributed by atoms with Crippen LogP contribution in [0, 0.1) is 20.2 Å². The summed E-state index contributed by atoms with van der Waals surface area (Å²) in [5.74, 6) is 0. The summed E-state index contributed by atoms with van der Waals surface area (Å²) in [4.78, 5) is 23.9. The van der Waals surface area contributed by atoms with E-state index in [-0.39, 0.29) is 21.2 Å². The molecule has 0 N–H and O–H groups in total. The largest absolute Gasteiger partial charge is 0.269 e.